The molecule has 0 atom stereocenters. The molecule has 0 saturated heterocycles. The quantitative estimate of drug-likeness (QED) is 0.862. The van der Waals surface area contributed by atoms with E-state index in [1.165, 1.54) is 17.4 Å². The molecule has 0 aliphatic heterocycles. The highest BCUT2D eigenvalue weighted by molar-refractivity contribution is 7.16. The third-order valence-electron chi connectivity index (χ3n) is 2.90. The van der Waals surface area contributed by atoms with Gasteiger partial charge in [0, 0.05) is 9.90 Å². The predicted octanol–water partition coefficient (Wildman–Crippen LogP) is 4.80. The van der Waals surface area contributed by atoms with E-state index in [9.17, 15) is 4.79 Å². The van der Waals surface area contributed by atoms with Crippen LogP contribution in [0.1, 0.15) is 26.4 Å². The van der Waals surface area contributed by atoms with Gasteiger partial charge < -0.3 is 5.32 Å². The molecule has 102 valence electrons. The summed E-state index contributed by atoms with van der Waals surface area (Å²) >= 11 is 13.2. The van der Waals surface area contributed by atoms with Crippen molar-refractivity contribution in [2.75, 3.05) is 5.32 Å². The smallest absolute Gasteiger partial charge is 0.257 e. The van der Waals surface area contributed by atoms with Gasteiger partial charge in [0.2, 0.25) is 0 Å². The Hall–Kier alpha value is -1.54. The van der Waals surface area contributed by atoms with Gasteiger partial charge in [0.15, 0.2) is 0 Å². The number of halogens is 2. The molecule has 0 saturated carbocycles. The van der Waals surface area contributed by atoms with E-state index in [-0.39, 0.29) is 10.9 Å². The van der Waals surface area contributed by atoms with E-state index in [0.717, 1.165) is 10.4 Å². The summed E-state index contributed by atoms with van der Waals surface area (Å²) < 4.78 is 0. The molecule has 3 nitrogen and oxygen atoms in total. The topological polar surface area (TPSA) is 52.9 Å². The van der Waals surface area contributed by atoms with Gasteiger partial charge in [0.25, 0.3) is 5.91 Å². The lowest BCUT2D eigenvalue weighted by atomic mass is 10.1. The van der Waals surface area contributed by atoms with Gasteiger partial charge in [0.05, 0.1) is 16.1 Å². The van der Waals surface area contributed by atoms with Crippen molar-refractivity contribution in [3.8, 4) is 6.07 Å². The van der Waals surface area contributed by atoms with Crippen LogP contribution in [0.3, 0.4) is 0 Å². The standard InChI is InChI=1S/C14H10Cl2N2OS/c1-7-8(2)20-14(11(7)6-17)18-13(19)10-4-3-9(15)5-12(10)16/h3-5H,1-2H3,(H,18,19). The molecule has 0 unspecified atom stereocenters. The molecule has 20 heavy (non-hydrogen) atoms. The Balaban J connectivity index is 2.33. The molecule has 1 aromatic carbocycles. The molecule has 2 aromatic rings. The minimum Gasteiger partial charge on any atom is -0.312 e. The normalized spacial score (nSPS) is 10.2. The number of amides is 1. The number of carbonyl (C=O) groups is 1. The molecule has 1 amide bonds. The Morgan fingerprint density at radius 1 is 1.35 bits per heavy atom. The lowest BCUT2D eigenvalue weighted by molar-refractivity contribution is 0.102. The zero-order valence-corrected chi connectivity index (χ0v) is 13.1. The van der Waals surface area contributed by atoms with E-state index >= 15 is 0 Å². The summed E-state index contributed by atoms with van der Waals surface area (Å²) in [5.41, 5.74) is 1.70. The van der Waals surface area contributed by atoms with E-state index in [1.54, 1.807) is 12.1 Å². The van der Waals surface area contributed by atoms with E-state index < -0.39 is 0 Å². The molecule has 1 aromatic heterocycles. The van der Waals surface area contributed by atoms with E-state index in [1.807, 2.05) is 13.8 Å². The Bertz CT molecular complexity index is 732. The Morgan fingerprint density at radius 2 is 2.05 bits per heavy atom. The van der Waals surface area contributed by atoms with Crippen LogP contribution < -0.4 is 5.32 Å². The summed E-state index contributed by atoms with van der Waals surface area (Å²) in [4.78, 5) is 13.2. The number of carbonyl (C=O) groups excluding carboxylic acids is 1. The van der Waals surface area contributed by atoms with Crippen LogP contribution in [0.25, 0.3) is 0 Å². The van der Waals surface area contributed by atoms with Gasteiger partial charge in [-0.3, -0.25) is 4.79 Å². The number of nitriles is 1. The second-order valence-electron chi connectivity index (χ2n) is 4.18. The highest BCUT2D eigenvalue weighted by Gasteiger charge is 2.17. The fraction of sp³-hybridized carbons (Fsp3) is 0.143. The van der Waals surface area contributed by atoms with E-state index in [2.05, 4.69) is 11.4 Å². The highest BCUT2D eigenvalue weighted by Crippen LogP contribution is 2.32. The molecule has 0 bridgehead atoms. The summed E-state index contributed by atoms with van der Waals surface area (Å²) in [5.74, 6) is -0.357. The molecule has 0 spiro atoms. The van der Waals surface area contributed by atoms with Gasteiger partial charge >= 0.3 is 0 Å². The number of benzene rings is 1. The largest absolute Gasteiger partial charge is 0.312 e. The van der Waals surface area contributed by atoms with Crippen LogP contribution in [-0.4, -0.2) is 5.91 Å². The number of hydrogen-bond acceptors (Lipinski definition) is 3. The van der Waals surface area contributed by atoms with Gasteiger partial charge in [-0.15, -0.1) is 11.3 Å². The zero-order valence-electron chi connectivity index (χ0n) is 10.8. The van der Waals surface area contributed by atoms with Gasteiger partial charge in [-0.1, -0.05) is 23.2 Å². The first-order valence-corrected chi connectivity index (χ1v) is 7.27. The maximum atomic E-state index is 12.2. The van der Waals surface area contributed by atoms with Crippen molar-refractivity contribution in [3.63, 3.8) is 0 Å². The van der Waals surface area contributed by atoms with Crippen LogP contribution in [0.15, 0.2) is 18.2 Å². The third-order valence-corrected chi connectivity index (χ3v) is 4.57. The van der Waals surface area contributed by atoms with Crippen molar-refractivity contribution in [3.05, 3.63) is 49.8 Å². The van der Waals surface area contributed by atoms with Crippen molar-refractivity contribution in [2.24, 2.45) is 0 Å². The van der Waals surface area contributed by atoms with Gasteiger partial charge in [0.1, 0.15) is 11.1 Å². The van der Waals surface area contributed by atoms with Crippen molar-refractivity contribution < 1.29 is 4.79 Å². The monoisotopic (exact) mass is 324 g/mol. The number of nitrogens with one attached hydrogen (secondary N) is 1. The highest BCUT2D eigenvalue weighted by atomic mass is 35.5. The molecule has 2 rings (SSSR count). The number of hydrogen-bond donors (Lipinski definition) is 1. The Labute approximate surface area is 130 Å². The van der Waals surface area contributed by atoms with Crippen LogP contribution >= 0.6 is 34.5 Å². The SMILES string of the molecule is Cc1sc(NC(=O)c2ccc(Cl)cc2Cl)c(C#N)c1C. The fourth-order valence-electron chi connectivity index (χ4n) is 1.69. The summed E-state index contributed by atoms with van der Waals surface area (Å²) in [6, 6.07) is 6.77. The molecule has 1 heterocycles. The average Bonchev–Trinajstić information content (AvgIpc) is 2.64. The second-order valence-corrected chi connectivity index (χ2v) is 6.25. The number of thiophene rings is 1. The first kappa shape index (κ1) is 14.9. The van der Waals surface area contributed by atoms with Crippen molar-refractivity contribution in [2.45, 2.75) is 13.8 Å². The first-order valence-electron chi connectivity index (χ1n) is 5.70. The molecular weight excluding hydrogens is 315 g/mol. The van der Waals surface area contributed by atoms with Crippen LogP contribution in [0.4, 0.5) is 5.00 Å². The molecule has 0 fully saturated rings. The van der Waals surface area contributed by atoms with Crippen LogP contribution in [-0.2, 0) is 0 Å². The van der Waals surface area contributed by atoms with Crippen LogP contribution in [0.5, 0.6) is 0 Å². The van der Waals surface area contributed by atoms with Gasteiger partial charge in [-0.05, 0) is 37.6 Å². The van der Waals surface area contributed by atoms with Crippen molar-refractivity contribution >= 4 is 45.4 Å². The lowest BCUT2D eigenvalue weighted by Crippen LogP contribution is -2.12. The lowest BCUT2D eigenvalue weighted by Gasteiger charge is -2.05. The minimum atomic E-state index is -0.357. The predicted molar refractivity (Wildman–Crippen MR) is 82.9 cm³/mol. The Kier molecular flexibility index (Phi) is 4.34. The van der Waals surface area contributed by atoms with Crippen molar-refractivity contribution in [1.29, 1.82) is 5.26 Å². The summed E-state index contributed by atoms with van der Waals surface area (Å²) in [7, 11) is 0. The third kappa shape index (κ3) is 2.80. The maximum Gasteiger partial charge on any atom is 0.257 e. The number of anilines is 1. The van der Waals surface area contributed by atoms with Crippen LogP contribution in [0.2, 0.25) is 10.0 Å². The minimum absolute atomic E-state index is 0.276. The molecule has 0 aliphatic carbocycles. The average molecular weight is 325 g/mol. The van der Waals surface area contributed by atoms with Gasteiger partial charge in [-0.25, -0.2) is 0 Å². The molecule has 1 N–H and O–H groups in total. The number of rotatable bonds is 2. The molecule has 6 heteroatoms. The second kappa shape index (κ2) is 5.84. The fourth-order valence-corrected chi connectivity index (χ4v) is 3.19. The number of aryl methyl sites for hydroxylation is 1. The molecular formula is C14H10Cl2N2OS. The molecule has 0 aliphatic rings. The molecule has 0 radical (unpaired) electrons. The van der Waals surface area contributed by atoms with E-state index in [0.29, 0.717) is 21.2 Å². The maximum absolute atomic E-state index is 12.2. The zero-order chi connectivity index (χ0) is 14.9. The summed E-state index contributed by atoms with van der Waals surface area (Å²) in [5, 5.41) is 13.2. The van der Waals surface area contributed by atoms with Crippen molar-refractivity contribution in [1.82, 2.24) is 0 Å². The Morgan fingerprint density at radius 3 is 2.65 bits per heavy atom. The number of nitrogens with zero attached hydrogens (tertiary/aromatic N) is 1. The van der Waals surface area contributed by atoms with Crippen LogP contribution in [0, 0.1) is 25.2 Å². The summed E-state index contributed by atoms with van der Waals surface area (Å²) in [6.07, 6.45) is 0. The first-order chi connectivity index (χ1) is 9.43. The van der Waals surface area contributed by atoms with E-state index in [4.69, 9.17) is 28.5 Å². The summed E-state index contributed by atoms with van der Waals surface area (Å²) in [6.45, 7) is 3.76. The van der Waals surface area contributed by atoms with Gasteiger partial charge in [-0.2, -0.15) is 5.26 Å².